The van der Waals surface area contributed by atoms with Crippen molar-refractivity contribution < 1.29 is 4.57 Å². The summed E-state index contributed by atoms with van der Waals surface area (Å²) in [6.07, 6.45) is 0. The van der Waals surface area contributed by atoms with Gasteiger partial charge in [0.1, 0.15) is 7.05 Å². The Kier molecular flexibility index (Phi) is 8.03. The molecule has 0 aliphatic rings. The largest absolute Gasteiger partial charge is 0.372 e. The summed E-state index contributed by atoms with van der Waals surface area (Å²) < 4.78 is 2.39. The SMILES string of the molecule is CCN(CC)c1ccc(-c2c3ccc(N(CC)CC)cc3[n+](C)c3cc(N(CC)CC)ccc23)cc1. The molecule has 3 aromatic carbocycles. The standard InChI is InChI=1S/C32H43N4/c1-8-34(9-2)25-16-14-24(15-17-25)32-28-20-18-26(35(10-3)11-4)22-30(28)33(7)31-23-27(19-21-29(31)32)36(12-5)13-6/h14-23H,8-13H2,1-7H3/q+1. The van der Waals surface area contributed by atoms with Gasteiger partial charge in [-0.1, -0.05) is 12.1 Å². The zero-order valence-corrected chi connectivity index (χ0v) is 23.3. The van der Waals surface area contributed by atoms with E-state index in [1.165, 1.54) is 50.0 Å². The fourth-order valence-electron chi connectivity index (χ4n) is 5.60. The van der Waals surface area contributed by atoms with Crippen LogP contribution in [0.2, 0.25) is 0 Å². The van der Waals surface area contributed by atoms with Crippen molar-refractivity contribution in [3.63, 3.8) is 0 Å². The molecule has 36 heavy (non-hydrogen) atoms. The molecule has 0 amide bonds. The molecule has 0 unspecified atom stereocenters. The summed E-state index contributed by atoms with van der Waals surface area (Å²) in [5.41, 5.74) is 8.98. The monoisotopic (exact) mass is 483 g/mol. The Morgan fingerprint density at radius 1 is 0.500 bits per heavy atom. The number of rotatable bonds is 10. The van der Waals surface area contributed by atoms with Crippen LogP contribution in [0.3, 0.4) is 0 Å². The lowest BCUT2D eigenvalue weighted by atomic mass is 9.94. The molecule has 0 saturated carbocycles. The third kappa shape index (κ3) is 4.61. The summed E-state index contributed by atoms with van der Waals surface area (Å²) in [6.45, 7) is 19.4. The predicted molar refractivity (Wildman–Crippen MR) is 159 cm³/mol. The first kappa shape index (κ1) is 25.8. The number of nitrogens with zero attached hydrogens (tertiary/aromatic N) is 4. The lowest BCUT2D eigenvalue weighted by Gasteiger charge is -2.23. The number of pyridine rings is 1. The Balaban J connectivity index is 2.02. The van der Waals surface area contributed by atoms with E-state index < -0.39 is 0 Å². The average molecular weight is 484 g/mol. The van der Waals surface area contributed by atoms with Gasteiger partial charge in [-0.15, -0.1) is 0 Å². The van der Waals surface area contributed by atoms with E-state index in [1.54, 1.807) is 0 Å². The molecule has 0 fully saturated rings. The summed E-state index contributed by atoms with van der Waals surface area (Å²) >= 11 is 0. The third-order valence-electron chi connectivity index (χ3n) is 7.77. The van der Waals surface area contributed by atoms with E-state index in [1.807, 2.05) is 0 Å². The molecule has 1 aromatic heterocycles. The molecule has 190 valence electrons. The van der Waals surface area contributed by atoms with E-state index >= 15 is 0 Å². The first-order valence-electron chi connectivity index (χ1n) is 13.8. The zero-order valence-electron chi connectivity index (χ0n) is 23.3. The van der Waals surface area contributed by atoms with Gasteiger partial charge in [-0.2, -0.15) is 4.57 Å². The molecule has 0 atom stereocenters. The van der Waals surface area contributed by atoms with E-state index in [4.69, 9.17) is 0 Å². The number of hydrogen-bond acceptors (Lipinski definition) is 3. The predicted octanol–water partition coefficient (Wildman–Crippen LogP) is 7.02. The van der Waals surface area contributed by atoms with Gasteiger partial charge >= 0.3 is 0 Å². The van der Waals surface area contributed by atoms with Gasteiger partial charge in [0.05, 0.1) is 10.8 Å². The molecule has 0 spiro atoms. The third-order valence-corrected chi connectivity index (χ3v) is 7.77. The van der Waals surface area contributed by atoms with Crippen molar-refractivity contribution in [1.29, 1.82) is 0 Å². The Morgan fingerprint density at radius 2 is 0.861 bits per heavy atom. The topological polar surface area (TPSA) is 13.6 Å². The number of fused-ring (bicyclic) bond motifs is 2. The minimum absolute atomic E-state index is 1.01. The summed E-state index contributed by atoms with van der Waals surface area (Å²) in [4.78, 5) is 7.25. The number of hydrogen-bond donors (Lipinski definition) is 0. The van der Waals surface area contributed by atoms with Crippen molar-refractivity contribution in [2.75, 3.05) is 54.0 Å². The van der Waals surface area contributed by atoms with Crippen LogP contribution in [-0.4, -0.2) is 39.3 Å². The highest BCUT2D eigenvalue weighted by atomic mass is 15.1. The maximum atomic E-state index is 2.43. The van der Waals surface area contributed by atoms with Crippen LogP contribution in [0.15, 0.2) is 60.7 Å². The molecular formula is C32H43N4+. The molecule has 0 N–H and O–H groups in total. The first-order valence-corrected chi connectivity index (χ1v) is 13.8. The van der Waals surface area contributed by atoms with Crippen LogP contribution in [0.25, 0.3) is 32.9 Å². The molecule has 4 aromatic rings. The Morgan fingerprint density at radius 3 is 1.25 bits per heavy atom. The maximum Gasteiger partial charge on any atom is 0.215 e. The Bertz CT molecular complexity index is 1240. The van der Waals surface area contributed by atoms with E-state index in [9.17, 15) is 0 Å². The fraction of sp³-hybridized carbons (Fsp3) is 0.406. The van der Waals surface area contributed by atoms with Crippen LogP contribution in [0.4, 0.5) is 17.1 Å². The van der Waals surface area contributed by atoms with Crippen LogP contribution >= 0.6 is 0 Å². The average Bonchev–Trinajstić information content (AvgIpc) is 2.92. The van der Waals surface area contributed by atoms with E-state index in [-0.39, 0.29) is 0 Å². The van der Waals surface area contributed by atoms with Gasteiger partial charge in [-0.3, -0.25) is 0 Å². The summed E-state index contributed by atoms with van der Waals surface area (Å²) in [5, 5.41) is 2.60. The van der Waals surface area contributed by atoms with Crippen LogP contribution in [0.5, 0.6) is 0 Å². The molecule has 4 heteroatoms. The Hall–Kier alpha value is -3.27. The second-order valence-electron chi connectivity index (χ2n) is 9.40. The van der Waals surface area contributed by atoms with Crippen molar-refractivity contribution >= 4 is 38.9 Å². The fourth-order valence-corrected chi connectivity index (χ4v) is 5.60. The van der Waals surface area contributed by atoms with E-state index in [2.05, 4.69) is 129 Å². The van der Waals surface area contributed by atoms with Crippen molar-refractivity contribution in [3.05, 3.63) is 60.7 Å². The van der Waals surface area contributed by atoms with Crippen LogP contribution in [-0.2, 0) is 7.05 Å². The molecule has 0 radical (unpaired) electrons. The van der Waals surface area contributed by atoms with Gasteiger partial charge in [-0.05, 0) is 83.5 Å². The van der Waals surface area contributed by atoms with E-state index in [0.717, 1.165) is 39.3 Å². The smallest absolute Gasteiger partial charge is 0.215 e. The number of aromatic nitrogens is 1. The first-order chi connectivity index (χ1) is 17.5. The lowest BCUT2D eigenvalue weighted by Crippen LogP contribution is -2.32. The Labute approximate surface area is 217 Å². The van der Waals surface area contributed by atoms with Gasteiger partial charge in [0.15, 0.2) is 0 Å². The van der Waals surface area contributed by atoms with Gasteiger partial charge < -0.3 is 14.7 Å². The number of anilines is 3. The summed E-state index contributed by atoms with van der Waals surface area (Å²) in [6, 6.07) is 23.2. The minimum atomic E-state index is 1.01. The number of aryl methyl sites for hydroxylation is 1. The normalized spacial score (nSPS) is 11.3. The zero-order chi connectivity index (χ0) is 25.8. The molecule has 0 aliphatic heterocycles. The van der Waals surface area contributed by atoms with Gasteiger partial charge in [0.25, 0.3) is 0 Å². The minimum Gasteiger partial charge on any atom is -0.372 e. The van der Waals surface area contributed by atoms with Crippen LogP contribution in [0, 0.1) is 0 Å². The van der Waals surface area contributed by atoms with Crippen LogP contribution in [0.1, 0.15) is 41.5 Å². The van der Waals surface area contributed by atoms with Crippen molar-refractivity contribution in [2.24, 2.45) is 7.05 Å². The molecule has 4 nitrogen and oxygen atoms in total. The van der Waals surface area contributed by atoms with Crippen molar-refractivity contribution in [2.45, 2.75) is 41.5 Å². The molecule has 4 rings (SSSR count). The highest BCUT2D eigenvalue weighted by molar-refractivity contribution is 6.08. The maximum absolute atomic E-state index is 2.43. The van der Waals surface area contributed by atoms with Crippen LogP contribution < -0.4 is 19.3 Å². The summed E-state index contributed by atoms with van der Waals surface area (Å²) in [5.74, 6) is 0. The van der Waals surface area contributed by atoms with Crippen molar-refractivity contribution in [3.8, 4) is 11.1 Å². The molecule has 1 heterocycles. The molecule has 0 bridgehead atoms. The van der Waals surface area contributed by atoms with Gasteiger partial charge in [-0.25, -0.2) is 0 Å². The quantitative estimate of drug-likeness (QED) is 0.178. The second kappa shape index (κ2) is 11.2. The van der Waals surface area contributed by atoms with Gasteiger partial charge in [0, 0.05) is 74.0 Å². The molecule has 0 aliphatic carbocycles. The van der Waals surface area contributed by atoms with E-state index in [0.29, 0.717) is 0 Å². The summed E-state index contributed by atoms with van der Waals surface area (Å²) in [7, 11) is 2.22. The number of benzene rings is 3. The second-order valence-corrected chi connectivity index (χ2v) is 9.40. The lowest BCUT2D eigenvalue weighted by molar-refractivity contribution is -0.617. The highest BCUT2D eigenvalue weighted by Crippen LogP contribution is 2.37. The highest BCUT2D eigenvalue weighted by Gasteiger charge is 2.21. The molecule has 0 saturated heterocycles. The van der Waals surface area contributed by atoms with Crippen molar-refractivity contribution in [1.82, 2.24) is 0 Å². The van der Waals surface area contributed by atoms with Gasteiger partial charge in [0.2, 0.25) is 11.0 Å². The molecular weight excluding hydrogens is 440 g/mol.